The molecule has 1 aromatic heterocycles. The van der Waals surface area contributed by atoms with Crippen molar-refractivity contribution in [3.05, 3.63) is 64.0 Å². The summed E-state index contributed by atoms with van der Waals surface area (Å²) in [7, 11) is 0. The van der Waals surface area contributed by atoms with Gasteiger partial charge in [0.15, 0.2) is 5.58 Å². The average molecular weight is 323 g/mol. The molecule has 0 saturated heterocycles. The number of aryl methyl sites for hydroxylation is 1. The minimum atomic E-state index is -1.05. The van der Waals surface area contributed by atoms with Crippen molar-refractivity contribution < 1.29 is 19.4 Å². The Hall–Kier alpha value is -3.48. The van der Waals surface area contributed by atoms with E-state index in [1.807, 2.05) is 0 Å². The maximum Gasteiger partial charge on any atom is 0.336 e. The Morgan fingerprint density at radius 2 is 1.83 bits per heavy atom. The summed E-state index contributed by atoms with van der Waals surface area (Å²) in [5.41, 5.74) is 0.585. The van der Waals surface area contributed by atoms with E-state index in [0.717, 1.165) is 0 Å². The van der Waals surface area contributed by atoms with Gasteiger partial charge >= 0.3 is 11.6 Å². The molecule has 120 valence electrons. The van der Waals surface area contributed by atoms with Crippen LogP contribution in [-0.2, 0) is 0 Å². The molecule has 0 spiro atoms. The molecule has 7 heteroatoms. The largest absolute Gasteiger partial charge is 0.871 e. The maximum absolute atomic E-state index is 12.0. The van der Waals surface area contributed by atoms with Gasteiger partial charge in [0.2, 0.25) is 0 Å². The zero-order chi connectivity index (χ0) is 17.3. The van der Waals surface area contributed by atoms with E-state index in [-0.39, 0.29) is 16.8 Å². The molecular formula is C17H11N2O5-. The van der Waals surface area contributed by atoms with Crippen LogP contribution >= 0.6 is 0 Å². The van der Waals surface area contributed by atoms with Crippen LogP contribution in [0.4, 0.5) is 11.4 Å². The zero-order valence-electron chi connectivity index (χ0n) is 12.5. The monoisotopic (exact) mass is 323 g/mol. The molecule has 0 aliphatic rings. The first-order valence-corrected chi connectivity index (χ1v) is 6.95. The number of nitrogens with zero attached hydrogens (tertiary/aromatic N) is 2. The van der Waals surface area contributed by atoms with Crippen molar-refractivity contribution in [2.24, 2.45) is 10.2 Å². The summed E-state index contributed by atoms with van der Waals surface area (Å²) in [6.07, 6.45) is 0. The molecule has 1 heterocycles. The van der Waals surface area contributed by atoms with Gasteiger partial charge in [0, 0.05) is 11.5 Å². The average Bonchev–Trinajstić information content (AvgIpc) is 2.54. The van der Waals surface area contributed by atoms with Crippen LogP contribution in [0.25, 0.3) is 11.0 Å². The van der Waals surface area contributed by atoms with Crippen LogP contribution in [0.1, 0.15) is 15.9 Å². The summed E-state index contributed by atoms with van der Waals surface area (Å²) in [5, 5.41) is 29.3. The van der Waals surface area contributed by atoms with Crippen molar-refractivity contribution in [2.45, 2.75) is 6.92 Å². The standard InChI is InChI=1S/C17H12N2O5/c1-9-8-14(21)24-16-12(9)6-7-13(20)15(16)19-18-11-4-2-10(3-5-11)17(22)23/h2-8,20H,1H3,(H,22,23)/p-1. The molecule has 24 heavy (non-hydrogen) atoms. The van der Waals surface area contributed by atoms with Crippen LogP contribution in [0.3, 0.4) is 0 Å². The molecule has 1 N–H and O–H groups in total. The number of benzene rings is 2. The number of carbonyl (C=O) groups is 1. The van der Waals surface area contributed by atoms with Crippen molar-refractivity contribution in [1.29, 1.82) is 0 Å². The van der Waals surface area contributed by atoms with Crippen molar-refractivity contribution in [2.75, 3.05) is 0 Å². The smallest absolute Gasteiger partial charge is 0.336 e. The number of carboxylic acids is 1. The topological polar surface area (TPSA) is 115 Å². The summed E-state index contributed by atoms with van der Waals surface area (Å²) in [4.78, 5) is 22.4. The quantitative estimate of drug-likeness (QED) is 0.586. The normalized spacial score (nSPS) is 11.2. The van der Waals surface area contributed by atoms with E-state index < -0.39 is 17.3 Å². The van der Waals surface area contributed by atoms with Gasteiger partial charge in [-0.25, -0.2) is 9.59 Å². The molecule has 2 aromatic carbocycles. The molecule has 0 fully saturated rings. The third-order valence-electron chi connectivity index (χ3n) is 3.44. The molecule has 0 aliphatic heterocycles. The Kier molecular flexibility index (Phi) is 3.83. The first-order chi connectivity index (χ1) is 11.5. The SMILES string of the molecule is Cc1cc(=O)oc2c(N=Nc3ccc(C(=O)O)cc3)c([O-])ccc12. The van der Waals surface area contributed by atoms with Crippen LogP contribution in [-0.4, -0.2) is 11.1 Å². The lowest BCUT2D eigenvalue weighted by Crippen LogP contribution is -1.99. The second kappa shape index (κ2) is 5.96. The summed E-state index contributed by atoms with van der Waals surface area (Å²) in [6, 6.07) is 9.91. The van der Waals surface area contributed by atoms with Crippen LogP contribution in [0, 0.1) is 6.92 Å². The van der Waals surface area contributed by atoms with Gasteiger partial charge in [0.05, 0.1) is 11.3 Å². The Morgan fingerprint density at radius 1 is 1.12 bits per heavy atom. The summed E-state index contributed by atoms with van der Waals surface area (Å²) in [5.74, 6) is -1.48. The lowest BCUT2D eigenvalue weighted by Gasteiger charge is -2.11. The van der Waals surface area contributed by atoms with Gasteiger partial charge in [-0.1, -0.05) is 17.9 Å². The van der Waals surface area contributed by atoms with Gasteiger partial charge in [0.25, 0.3) is 0 Å². The molecule has 3 aromatic rings. The van der Waals surface area contributed by atoms with Crippen molar-refractivity contribution in [3.8, 4) is 5.75 Å². The minimum Gasteiger partial charge on any atom is -0.871 e. The molecule has 0 aliphatic carbocycles. The van der Waals surface area contributed by atoms with Crippen molar-refractivity contribution >= 4 is 28.3 Å². The molecule has 7 nitrogen and oxygen atoms in total. The fraction of sp³-hybridized carbons (Fsp3) is 0.0588. The lowest BCUT2D eigenvalue weighted by atomic mass is 10.1. The van der Waals surface area contributed by atoms with Gasteiger partial charge in [-0.15, -0.1) is 5.11 Å². The van der Waals surface area contributed by atoms with Gasteiger partial charge < -0.3 is 14.6 Å². The molecule has 0 saturated carbocycles. The summed E-state index contributed by atoms with van der Waals surface area (Å²) in [6.45, 7) is 1.73. The second-order valence-corrected chi connectivity index (χ2v) is 5.09. The Bertz CT molecular complexity index is 1020. The van der Waals surface area contributed by atoms with Crippen LogP contribution in [0.5, 0.6) is 5.75 Å². The zero-order valence-corrected chi connectivity index (χ0v) is 12.5. The first kappa shape index (κ1) is 15.4. The minimum absolute atomic E-state index is 0.0735. The number of rotatable bonds is 3. The molecule has 0 atom stereocenters. The first-order valence-electron chi connectivity index (χ1n) is 6.95. The molecule has 3 rings (SSSR count). The number of fused-ring (bicyclic) bond motifs is 1. The summed E-state index contributed by atoms with van der Waals surface area (Å²) < 4.78 is 5.11. The van der Waals surface area contributed by atoms with E-state index in [9.17, 15) is 14.7 Å². The molecular weight excluding hydrogens is 312 g/mol. The van der Waals surface area contributed by atoms with E-state index in [0.29, 0.717) is 16.6 Å². The van der Waals surface area contributed by atoms with Crippen LogP contribution in [0.15, 0.2) is 61.9 Å². The fourth-order valence-electron chi connectivity index (χ4n) is 2.22. The van der Waals surface area contributed by atoms with Crippen molar-refractivity contribution in [3.63, 3.8) is 0 Å². The maximum atomic E-state index is 12.0. The number of carboxylic acid groups (broad SMARTS) is 1. The lowest BCUT2D eigenvalue weighted by molar-refractivity contribution is -0.267. The summed E-state index contributed by atoms with van der Waals surface area (Å²) >= 11 is 0. The van der Waals surface area contributed by atoms with Crippen LogP contribution < -0.4 is 10.7 Å². The molecule has 0 amide bonds. The third kappa shape index (κ3) is 2.87. The van der Waals surface area contributed by atoms with Gasteiger partial charge in [-0.3, -0.25) is 0 Å². The highest BCUT2D eigenvalue weighted by atomic mass is 16.4. The highest BCUT2D eigenvalue weighted by Crippen LogP contribution is 2.34. The van der Waals surface area contributed by atoms with Gasteiger partial charge in [0.1, 0.15) is 5.69 Å². The van der Waals surface area contributed by atoms with Gasteiger partial charge in [-0.05, 0) is 36.8 Å². The van der Waals surface area contributed by atoms with Crippen LogP contribution in [0.2, 0.25) is 0 Å². The number of azo groups is 1. The number of hydrogen-bond donors (Lipinski definition) is 1. The molecule has 0 radical (unpaired) electrons. The third-order valence-corrected chi connectivity index (χ3v) is 3.44. The predicted octanol–water partition coefficient (Wildman–Crippen LogP) is 3.29. The Labute approximate surface area is 135 Å². The second-order valence-electron chi connectivity index (χ2n) is 5.09. The predicted molar refractivity (Wildman–Crippen MR) is 84.2 cm³/mol. The van der Waals surface area contributed by atoms with Crippen molar-refractivity contribution in [1.82, 2.24) is 0 Å². The highest BCUT2D eigenvalue weighted by Gasteiger charge is 2.08. The van der Waals surface area contributed by atoms with E-state index >= 15 is 0 Å². The van der Waals surface area contributed by atoms with Gasteiger partial charge in [-0.2, -0.15) is 5.11 Å². The highest BCUT2D eigenvalue weighted by molar-refractivity contribution is 5.92. The Morgan fingerprint density at radius 3 is 2.50 bits per heavy atom. The molecule has 0 bridgehead atoms. The number of hydrogen-bond acceptors (Lipinski definition) is 6. The van der Waals surface area contributed by atoms with E-state index in [4.69, 9.17) is 9.52 Å². The molecule has 0 unspecified atom stereocenters. The van der Waals surface area contributed by atoms with E-state index in [2.05, 4.69) is 10.2 Å². The fourth-order valence-corrected chi connectivity index (χ4v) is 2.22. The Balaban J connectivity index is 2.07. The number of aromatic carboxylic acids is 1. The van der Waals surface area contributed by atoms with E-state index in [1.165, 1.54) is 36.4 Å². The van der Waals surface area contributed by atoms with E-state index in [1.54, 1.807) is 13.0 Å².